The minimum absolute atomic E-state index is 0.143. The number of halogens is 1. The molecule has 0 aromatic carbocycles. The Morgan fingerprint density at radius 3 is 2.56 bits per heavy atom. The first-order valence-electron chi connectivity index (χ1n) is 5.67. The SMILES string of the molecule is CCC(Br)C(C)c1cc(OC(C)C)ncn1. The Morgan fingerprint density at radius 2 is 2.00 bits per heavy atom. The van der Waals surface area contributed by atoms with Crippen LogP contribution in [-0.4, -0.2) is 20.9 Å². The van der Waals surface area contributed by atoms with Crippen LogP contribution in [0.25, 0.3) is 0 Å². The van der Waals surface area contributed by atoms with Gasteiger partial charge in [-0.25, -0.2) is 9.97 Å². The van der Waals surface area contributed by atoms with Gasteiger partial charge in [-0.3, -0.25) is 0 Å². The largest absolute Gasteiger partial charge is 0.475 e. The Balaban J connectivity index is 2.81. The number of rotatable bonds is 5. The molecule has 2 atom stereocenters. The van der Waals surface area contributed by atoms with E-state index in [9.17, 15) is 0 Å². The highest BCUT2D eigenvalue weighted by molar-refractivity contribution is 9.09. The first-order chi connectivity index (χ1) is 7.54. The van der Waals surface area contributed by atoms with E-state index in [1.165, 1.54) is 0 Å². The van der Waals surface area contributed by atoms with E-state index in [0.29, 0.717) is 16.6 Å². The molecule has 0 N–H and O–H groups in total. The van der Waals surface area contributed by atoms with Gasteiger partial charge in [0, 0.05) is 16.8 Å². The van der Waals surface area contributed by atoms with Crippen molar-refractivity contribution in [2.24, 2.45) is 0 Å². The van der Waals surface area contributed by atoms with Crippen LogP contribution in [0.15, 0.2) is 12.4 Å². The van der Waals surface area contributed by atoms with Crippen molar-refractivity contribution < 1.29 is 4.74 Å². The minimum Gasteiger partial charge on any atom is -0.475 e. The molecule has 90 valence electrons. The van der Waals surface area contributed by atoms with Crippen LogP contribution in [0.3, 0.4) is 0 Å². The third kappa shape index (κ3) is 3.74. The third-order valence-corrected chi connectivity index (χ3v) is 3.86. The predicted octanol–water partition coefficient (Wildman–Crippen LogP) is 3.54. The van der Waals surface area contributed by atoms with Crippen LogP contribution < -0.4 is 4.74 Å². The maximum absolute atomic E-state index is 5.55. The van der Waals surface area contributed by atoms with Gasteiger partial charge in [0.1, 0.15) is 6.33 Å². The van der Waals surface area contributed by atoms with Gasteiger partial charge in [0.2, 0.25) is 5.88 Å². The maximum Gasteiger partial charge on any atom is 0.216 e. The smallest absolute Gasteiger partial charge is 0.216 e. The molecule has 1 aromatic heterocycles. The summed E-state index contributed by atoms with van der Waals surface area (Å²) in [6.07, 6.45) is 2.79. The molecular weight excluding hydrogens is 268 g/mol. The van der Waals surface area contributed by atoms with Gasteiger partial charge in [0.25, 0.3) is 0 Å². The summed E-state index contributed by atoms with van der Waals surface area (Å²) in [4.78, 5) is 8.83. The Kier molecular flexibility index (Phi) is 5.19. The van der Waals surface area contributed by atoms with Gasteiger partial charge in [0.05, 0.1) is 11.8 Å². The summed E-state index contributed by atoms with van der Waals surface area (Å²) in [5.41, 5.74) is 1.02. The van der Waals surface area contributed by atoms with Crippen molar-refractivity contribution in [1.82, 2.24) is 9.97 Å². The second kappa shape index (κ2) is 6.18. The Labute approximate surface area is 106 Å². The molecule has 4 heteroatoms. The van der Waals surface area contributed by atoms with Gasteiger partial charge in [-0.1, -0.05) is 29.8 Å². The maximum atomic E-state index is 5.55. The van der Waals surface area contributed by atoms with Crippen LogP contribution in [0, 0.1) is 0 Å². The average Bonchev–Trinajstić information content (AvgIpc) is 2.26. The van der Waals surface area contributed by atoms with Crippen LogP contribution in [0.1, 0.15) is 45.7 Å². The van der Waals surface area contributed by atoms with E-state index in [0.717, 1.165) is 12.1 Å². The molecule has 0 aliphatic heterocycles. The number of nitrogens with zero attached hydrogens (tertiary/aromatic N) is 2. The van der Waals surface area contributed by atoms with E-state index in [2.05, 4.69) is 39.7 Å². The molecule has 1 rings (SSSR count). The summed E-state index contributed by atoms with van der Waals surface area (Å²) in [6.45, 7) is 8.29. The molecule has 1 heterocycles. The molecule has 0 amide bonds. The molecule has 1 aromatic rings. The molecular formula is C12H19BrN2O. The number of hydrogen-bond acceptors (Lipinski definition) is 3. The monoisotopic (exact) mass is 286 g/mol. The van der Waals surface area contributed by atoms with Gasteiger partial charge < -0.3 is 4.74 Å². The first kappa shape index (κ1) is 13.4. The molecule has 3 nitrogen and oxygen atoms in total. The summed E-state index contributed by atoms with van der Waals surface area (Å²) in [5.74, 6) is 1.02. The van der Waals surface area contributed by atoms with Crippen molar-refractivity contribution >= 4 is 15.9 Å². The van der Waals surface area contributed by atoms with Gasteiger partial charge in [0.15, 0.2) is 0 Å². The summed E-state index contributed by atoms with van der Waals surface area (Å²) >= 11 is 3.65. The lowest BCUT2D eigenvalue weighted by molar-refractivity contribution is 0.231. The molecule has 0 fully saturated rings. The van der Waals surface area contributed by atoms with Gasteiger partial charge >= 0.3 is 0 Å². The zero-order chi connectivity index (χ0) is 12.1. The highest BCUT2D eigenvalue weighted by atomic mass is 79.9. The highest BCUT2D eigenvalue weighted by Crippen LogP contribution is 2.26. The van der Waals surface area contributed by atoms with Crippen molar-refractivity contribution in [3.05, 3.63) is 18.1 Å². The summed E-state index contributed by atoms with van der Waals surface area (Å²) < 4.78 is 5.55. The number of ether oxygens (including phenoxy) is 1. The van der Waals surface area contributed by atoms with Crippen molar-refractivity contribution in [3.63, 3.8) is 0 Å². The van der Waals surface area contributed by atoms with Crippen LogP contribution in [0.4, 0.5) is 0 Å². The van der Waals surface area contributed by atoms with E-state index < -0.39 is 0 Å². The fraction of sp³-hybridized carbons (Fsp3) is 0.667. The fourth-order valence-corrected chi connectivity index (χ4v) is 1.72. The second-order valence-corrected chi connectivity index (χ2v) is 5.34. The van der Waals surface area contributed by atoms with Crippen molar-refractivity contribution in [3.8, 4) is 5.88 Å². The summed E-state index contributed by atoms with van der Waals surface area (Å²) in [6, 6.07) is 1.93. The molecule has 0 saturated carbocycles. The molecule has 0 bridgehead atoms. The van der Waals surface area contributed by atoms with Crippen molar-refractivity contribution in [2.75, 3.05) is 0 Å². The normalized spacial score (nSPS) is 14.9. The summed E-state index contributed by atoms with van der Waals surface area (Å²) in [5, 5.41) is 0. The Bertz CT molecular complexity index is 331. The van der Waals surface area contributed by atoms with E-state index >= 15 is 0 Å². The number of aromatic nitrogens is 2. The van der Waals surface area contributed by atoms with Crippen LogP contribution in [-0.2, 0) is 0 Å². The van der Waals surface area contributed by atoms with Gasteiger partial charge in [-0.15, -0.1) is 0 Å². The molecule has 2 unspecified atom stereocenters. The third-order valence-electron chi connectivity index (χ3n) is 2.42. The first-order valence-corrected chi connectivity index (χ1v) is 6.58. The zero-order valence-electron chi connectivity index (χ0n) is 10.3. The lowest BCUT2D eigenvalue weighted by atomic mass is 10.0. The van der Waals surface area contributed by atoms with E-state index in [4.69, 9.17) is 4.74 Å². The zero-order valence-corrected chi connectivity index (χ0v) is 11.9. The molecule has 0 spiro atoms. The van der Waals surface area contributed by atoms with E-state index in [1.807, 2.05) is 19.9 Å². The Hall–Kier alpha value is -0.640. The summed E-state index contributed by atoms with van der Waals surface area (Å²) in [7, 11) is 0. The van der Waals surface area contributed by atoms with Crippen molar-refractivity contribution in [1.29, 1.82) is 0 Å². The standard InChI is InChI=1S/C12H19BrN2O/c1-5-10(13)9(4)11-6-12(15-7-14-11)16-8(2)3/h6-10H,5H2,1-4H3. The predicted molar refractivity (Wildman–Crippen MR) is 69.2 cm³/mol. The molecule has 0 saturated heterocycles. The molecule has 0 radical (unpaired) electrons. The molecule has 0 aliphatic carbocycles. The van der Waals surface area contributed by atoms with Crippen LogP contribution in [0.5, 0.6) is 5.88 Å². The fourth-order valence-electron chi connectivity index (χ4n) is 1.45. The number of alkyl halides is 1. The van der Waals surface area contributed by atoms with E-state index in [1.54, 1.807) is 6.33 Å². The topological polar surface area (TPSA) is 35.0 Å². The second-order valence-electron chi connectivity index (χ2n) is 4.16. The Morgan fingerprint density at radius 1 is 1.31 bits per heavy atom. The quantitative estimate of drug-likeness (QED) is 0.777. The lowest BCUT2D eigenvalue weighted by Gasteiger charge is -2.17. The van der Waals surface area contributed by atoms with Gasteiger partial charge in [-0.05, 0) is 20.3 Å². The number of hydrogen-bond donors (Lipinski definition) is 0. The average molecular weight is 287 g/mol. The highest BCUT2D eigenvalue weighted by Gasteiger charge is 2.16. The molecule has 16 heavy (non-hydrogen) atoms. The van der Waals surface area contributed by atoms with Crippen LogP contribution in [0.2, 0.25) is 0 Å². The molecule has 0 aliphatic rings. The minimum atomic E-state index is 0.143. The van der Waals surface area contributed by atoms with Gasteiger partial charge in [-0.2, -0.15) is 0 Å². The van der Waals surface area contributed by atoms with E-state index in [-0.39, 0.29) is 6.10 Å². The van der Waals surface area contributed by atoms with Crippen molar-refractivity contribution in [2.45, 2.75) is 51.0 Å². The lowest BCUT2D eigenvalue weighted by Crippen LogP contribution is -2.12. The van der Waals surface area contributed by atoms with Crippen LogP contribution >= 0.6 is 15.9 Å².